The summed E-state index contributed by atoms with van der Waals surface area (Å²) in [6.07, 6.45) is 1.21. The standard InChI is InChI=1S/C13H19N3O3S/c1-3-8(17)11-10(15)9(13(18)19-2)12(20-11)16-5-4-7(14)6-16/h7H,3-6,14-15H2,1-2H3. The SMILES string of the molecule is CCC(=O)c1sc(N2CCC(N)C2)c(C(=O)OC)c1N. The van der Waals surface area contributed by atoms with Crippen LogP contribution in [0.4, 0.5) is 10.7 Å². The van der Waals surface area contributed by atoms with Gasteiger partial charge >= 0.3 is 5.97 Å². The molecule has 0 aliphatic carbocycles. The average Bonchev–Trinajstić information content (AvgIpc) is 3.01. The lowest BCUT2D eigenvalue weighted by atomic mass is 10.1. The van der Waals surface area contributed by atoms with Crippen LogP contribution in [0.3, 0.4) is 0 Å². The average molecular weight is 297 g/mol. The Morgan fingerprint density at radius 1 is 1.50 bits per heavy atom. The zero-order valence-corrected chi connectivity index (χ0v) is 12.5. The summed E-state index contributed by atoms with van der Waals surface area (Å²) in [6, 6.07) is 0.0779. The molecule has 6 nitrogen and oxygen atoms in total. The largest absolute Gasteiger partial charge is 0.465 e. The van der Waals surface area contributed by atoms with E-state index in [0.29, 0.717) is 28.4 Å². The second kappa shape index (κ2) is 5.80. The molecular weight excluding hydrogens is 278 g/mol. The Labute approximate surface area is 121 Å². The van der Waals surface area contributed by atoms with Crippen molar-refractivity contribution in [2.45, 2.75) is 25.8 Å². The molecule has 20 heavy (non-hydrogen) atoms. The Kier molecular flexibility index (Phi) is 4.29. The van der Waals surface area contributed by atoms with Gasteiger partial charge in [-0.05, 0) is 6.42 Å². The van der Waals surface area contributed by atoms with Gasteiger partial charge in [0.2, 0.25) is 0 Å². The summed E-state index contributed by atoms with van der Waals surface area (Å²) >= 11 is 1.26. The van der Waals surface area contributed by atoms with E-state index < -0.39 is 5.97 Å². The Balaban J connectivity index is 2.48. The van der Waals surface area contributed by atoms with Crippen molar-refractivity contribution in [2.24, 2.45) is 5.73 Å². The van der Waals surface area contributed by atoms with Crippen LogP contribution in [-0.2, 0) is 4.74 Å². The van der Waals surface area contributed by atoms with Gasteiger partial charge in [-0.3, -0.25) is 4.79 Å². The summed E-state index contributed by atoms with van der Waals surface area (Å²) in [4.78, 5) is 26.3. The van der Waals surface area contributed by atoms with Gasteiger partial charge in [0.15, 0.2) is 5.78 Å². The zero-order chi connectivity index (χ0) is 14.9. The molecule has 0 spiro atoms. The number of thiophene rings is 1. The van der Waals surface area contributed by atoms with Gasteiger partial charge in [-0.25, -0.2) is 4.79 Å². The lowest BCUT2D eigenvalue weighted by Gasteiger charge is -2.17. The first-order valence-electron chi connectivity index (χ1n) is 6.53. The minimum atomic E-state index is -0.510. The highest BCUT2D eigenvalue weighted by Crippen LogP contribution is 2.40. The third kappa shape index (κ3) is 2.51. The third-order valence-corrected chi connectivity index (χ3v) is 4.71. The number of hydrogen-bond acceptors (Lipinski definition) is 7. The van der Waals surface area contributed by atoms with E-state index >= 15 is 0 Å². The molecule has 1 aliphatic heterocycles. The molecule has 0 bridgehead atoms. The number of carbonyl (C=O) groups excluding carboxylic acids is 2. The first-order chi connectivity index (χ1) is 9.49. The highest BCUT2D eigenvalue weighted by molar-refractivity contribution is 7.19. The van der Waals surface area contributed by atoms with Gasteiger partial charge < -0.3 is 21.1 Å². The molecule has 2 rings (SSSR count). The number of ketones is 1. The minimum Gasteiger partial charge on any atom is -0.465 e. The fourth-order valence-corrected chi connectivity index (χ4v) is 3.55. The maximum Gasteiger partial charge on any atom is 0.343 e. The molecule has 0 aromatic carbocycles. The summed E-state index contributed by atoms with van der Waals surface area (Å²) in [5.41, 5.74) is 12.4. The van der Waals surface area contributed by atoms with Gasteiger partial charge in [0.25, 0.3) is 0 Å². The normalized spacial score (nSPS) is 18.4. The first kappa shape index (κ1) is 14.8. The van der Waals surface area contributed by atoms with E-state index in [9.17, 15) is 9.59 Å². The van der Waals surface area contributed by atoms with Gasteiger partial charge in [0, 0.05) is 25.6 Å². The number of methoxy groups -OCH3 is 1. The van der Waals surface area contributed by atoms with Gasteiger partial charge in [-0.2, -0.15) is 0 Å². The van der Waals surface area contributed by atoms with E-state index in [4.69, 9.17) is 16.2 Å². The highest BCUT2D eigenvalue weighted by Gasteiger charge is 2.31. The van der Waals surface area contributed by atoms with Gasteiger partial charge in [0.1, 0.15) is 10.6 Å². The minimum absolute atomic E-state index is 0.0626. The summed E-state index contributed by atoms with van der Waals surface area (Å²) in [5.74, 6) is -0.572. The van der Waals surface area contributed by atoms with Crippen molar-refractivity contribution >= 4 is 33.8 Å². The van der Waals surface area contributed by atoms with Crippen LogP contribution in [0, 0.1) is 0 Å². The van der Waals surface area contributed by atoms with E-state index in [0.717, 1.165) is 13.0 Å². The summed E-state index contributed by atoms with van der Waals surface area (Å²) in [7, 11) is 1.31. The van der Waals surface area contributed by atoms with Crippen LogP contribution in [0.1, 0.15) is 39.8 Å². The van der Waals surface area contributed by atoms with E-state index in [2.05, 4.69) is 0 Å². The van der Waals surface area contributed by atoms with E-state index in [1.807, 2.05) is 4.90 Å². The number of nitrogens with two attached hydrogens (primary N) is 2. The molecule has 2 heterocycles. The molecule has 0 saturated carbocycles. The summed E-state index contributed by atoms with van der Waals surface area (Å²) in [6.45, 7) is 3.18. The number of nitrogens with zero attached hydrogens (tertiary/aromatic N) is 1. The van der Waals surface area contributed by atoms with Crippen LogP contribution >= 0.6 is 11.3 Å². The predicted molar refractivity (Wildman–Crippen MR) is 79.5 cm³/mol. The lowest BCUT2D eigenvalue weighted by molar-refractivity contribution is 0.0603. The zero-order valence-electron chi connectivity index (χ0n) is 11.6. The molecule has 1 aromatic heterocycles. The fourth-order valence-electron chi connectivity index (χ4n) is 2.29. The molecule has 1 saturated heterocycles. The Bertz CT molecular complexity index is 541. The predicted octanol–water partition coefficient (Wildman–Crippen LogP) is 1.25. The molecule has 7 heteroatoms. The van der Waals surface area contributed by atoms with Crippen LogP contribution in [0.5, 0.6) is 0 Å². The van der Waals surface area contributed by atoms with Crippen molar-refractivity contribution in [1.82, 2.24) is 0 Å². The highest BCUT2D eigenvalue weighted by atomic mass is 32.1. The first-order valence-corrected chi connectivity index (χ1v) is 7.35. The molecule has 1 unspecified atom stereocenters. The Morgan fingerprint density at radius 3 is 2.70 bits per heavy atom. The summed E-state index contributed by atoms with van der Waals surface area (Å²) in [5, 5.41) is 0.694. The molecule has 1 aromatic rings. The van der Waals surface area contributed by atoms with Crippen molar-refractivity contribution in [3.05, 3.63) is 10.4 Å². The molecule has 110 valence electrons. The molecule has 1 aliphatic rings. The number of nitrogen functional groups attached to an aromatic ring is 1. The van der Waals surface area contributed by atoms with Crippen molar-refractivity contribution in [1.29, 1.82) is 0 Å². The quantitative estimate of drug-likeness (QED) is 0.641. The van der Waals surface area contributed by atoms with Crippen molar-refractivity contribution in [2.75, 3.05) is 30.8 Å². The number of rotatable bonds is 4. The smallest absolute Gasteiger partial charge is 0.343 e. The number of esters is 1. The molecule has 1 fully saturated rings. The molecule has 0 amide bonds. The molecular formula is C13H19N3O3S. The Morgan fingerprint density at radius 2 is 2.20 bits per heavy atom. The topological polar surface area (TPSA) is 98.6 Å². The summed E-state index contributed by atoms with van der Waals surface area (Å²) < 4.78 is 4.79. The molecule has 4 N–H and O–H groups in total. The monoisotopic (exact) mass is 297 g/mol. The maximum absolute atomic E-state index is 12.0. The van der Waals surface area contributed by atoms with E-state index in [1.165, 1.54) is 18.4 Å². The van der Waals surface area contributed by atoms with Crippen LogP contribution in [0.15, 0.2) is 0 Å². The van der Waals surface area contributed by atoms with Gasteiger partial charge in [-0.1, -0.05) is 6.92 Å². The fraction of sp³-hybridized carbons (Fsp3) is 0.538. The second-order valence-corrected chi connectivity index (χ2v) is 5.79. The molecule has 1 atom stereocenters. The van der Waals surface area contributed by atoms with Crippen molar-refractivity contribution in [3.63, 3.8) is 0 Å². The number of ether oxygens (including phenoxy) is 1. The van der Waals surface area contributed by atoms with Crippen molar-refractivity contribution in [3.8, 4) is 0 Å². The number of carbonyl (C=O) groups is 2. The van der Waals surface area contributed by atoms with Gasteiger partial charge in [0.05, 0.1) is 17.7 Å². The van der Waals surface area contributed by atoms with Crippen LogP contribution in [-0.4, -0.2) is 38.0 Å². The molecule has 0 radical (unpaired) electrons. The van der Waals surface area contributed by atoms with Crippen LogP contribution < -0.4 is 16.4 Å². The van der Waals surface area contributed by atoms with Crippen LogP contribution in [0.2, 0.25) is 0 Å². The number of hydrogen-bond donors (Lipinski definition) is 2. The lowest BCUT2D eigenvalue weighted by Crippen LogP contribution is -2.26. The van der Waals surface area contributed by atoms with Crippen molar-refractivity contribution < 1.29 is 14.3 Å². The second-order valence-electron chi connectivity index (χ2n) is 4.79. The van der Waals surface area contributed by atoms with E-state index in [-0.39, 0.29) is 17.5 Å². The van der Waals surface area contributed by atoms with E-state index in [1.54, 1.807) is 6.92 Å². The Hall–Kier alpha value is -1.60. The van der Waals surface area contributed by atoms with Gasteiger partial charge in [-0.15, -0.1) is 11.3 Å². The van der Waals surface area contributed by atoms with Crippen LogP contribution in [0.25, 0.3) is 0 Å². The number of anilines is 2. The maximum atomic E-state index is 12.0. The number of Topliss-reactive ketones (excluding diaryl/α,β-unsaturated/α-hetero) is 1. The third-order valence-electron chi connectivity index (χ3n) is 3.40.